The standard InChI is InChI=1S/C11H11ClN2O/c1-7(2)8-3-5-9(6-4-8)10-13-14-11(12)15-10/h3-7H,1-2H3. The number of benzene rings is 1. The van der Waals surface area contributed by atoms with Crippen molar-refractivity contribution in [1.82, 2.24) is 10.2 Å². The molecule has 0 spiro atoms. The van der Waals surface area contributed by atoms with Crippen molar-refractivity contribution in [2.45, 2.75) is 19.8 Å². The van der Waals surface area contributed by atoms with Crippen LogP contribution in [0.25, 0.3) is 11.5 Å². The van der Waals surface area contributed by atoms with Crippen LogP contribution in [0.5, 0.6) is 0 Å². The van der Waals surface area contributed by atoms with Crippen molar-refractivity contribution in [3.63, 3.8) is 0 Å². The molecule has 0 fully saturated rings. The second-order valence-corrected chi connectivity index (χ2v) is 3.96. The van der Waals surface area contributed by atoms with Gasteiger partial charge in [-0.15, -0.1) is 5.10 Å². The SMILES string of the molecule is CC(C)c1ccc(-c2nnc(Cl)o2)cc1. The highest BCUT2D eigenvalue weighted by molar-refractivity contribution is 6.27. The Kier molecular flexibility index (Phi) is 2.73. The van der Waals surface area contributed by atoms with Crippen molar-refractivity contribution >= 4 is 11.6 Å². The van der Waals surface area contributed by atoms with Crippen LogP contribution >= 0.6 is 11.6 Å². The van der Waals surface area contributed by atoms with E-state index < -0.39 is 0 Å². The fourth-order valence-corrected chi connectivity index (χ4v) is 1.44. The smallest absolute Gasteiger partial charge is 0.313 e. The first-order valence-electron chi connectivity index (χ1n) is 4.76. The maximum absolute atomic E-state index is 5.55. The van der Waals surface area contributed by atoms with Gasteiger partial charge in [-0.25, -0.2) is 0 Å². The van der Waals surface area contributed by atoms with E-state index in [4.69, 9.17) is 16.0 Å². The molecule has 0 aliphatic carbocycles. The minimum Gasteiger partial charge on any atom is -0.407 e. The highest BCUT2D eigenvalue weighted by atomic mass is 35.5. The van der Waals surface area contributed by atoms with E-state index in [1.807, 2.05) is 12.1 Å². The first-order chi connectivity index (χ1) is 7.16. The molecule has 2 rings (SSSR count). The first kappa shape index (κ1) is 10.2. The lowest BCUT2D eigenvalue weighted by molar-refractivity contribution is 0.571. The number of halogens is 1. The van der Waals surface area contributed by atoms with Crippen LogP contribution in [0, 0.1) is 0 Å². The molecule has 2 aromatic rings. The van der Waals surface area contributed by atoms with Crippen LogP contribution in [-0.2, 0) is 0 Å². The van der Waals surface area contributed by atoms with Crippen molar-refractivity contribution in [3.8, 4) is 11.5 Å². The van der Waals surface area contributed by atoms with E-state index in [0.29, 0.717) is 11.8 Å². The van der Waals surface area contributed by atoms with E-state index in [-0.39, 0.29) is 5.35 Å². The van der Waals surface area contributed by atoms with Gasteiger partial charge in [-0.2, -0.15) is 0 Å². The largest absolute Gasteiger partial charge is 0.407 e. The molecule has 0 bridgehead atoms. The topological polar surface area (TPSA) is 38.9 Å². The minimum absolute atomic E-state index is 0.0675. The van der Waals surface area contributed by atoms with Crippen LogP contribution in [0.1, 0.15) is 25.3 Å². The number of aromatic nitrogens is 2. The summed E-state index contributed by atoms with van der Waals surface area (Å²) in [5.74, 6) is 0.973. The predicted octanol–water partition coefficient (Wildman–Crippen LogP) is 3.51. The van der Waals surface area contributed by atoms with Crippen LogP contribution in [0.2, 0.25) is 5.35 Å². The molecule has 0 N–H and O–H groups in total. The third-order valence-electron chi connectivity index (χ3n) is 2.22. The highest BCUT2D eigenvalue weighted by Crippen LogP contribution is 2.22. The van der Waals surface area contributed by atoms with E-state index in [9.17, 15) is 0 Å². The molecule has 4 heteroatoms. The summed E-state index contributed by atoms with van der Waals surface area (Å²) >= 11 is 5.55. The van der Waals surface area contributed by atoms with Crippen LogP contribution in [0.15, 0.2) is 28.7 Å². The molecule has 0 saturated heterocycles. The highest BCUT2D eigenvalue weighted by Gasteiger charge is 2.07. The summed E-state index contributed by atoms with van der Waals surface area (Å²) in [6, 6.07) is 8.02. The molecule has 1 aromatic heterocycles. The average Bonchev–Trinajstić information content (AvgIpc) is 2.65. The summed E-state index contributed by atoms with van der Waals surface area (Å²) in [7, 11) is 0. The Hall–Kier alpha value is -1.35. The molecule has 0 aliphatic heterocycles. The number of rotatable bonds is 2. The molecule has 0 saturated carbocycles. The molecule has 78 valence electrons. The van der Waals surface area contributed by atoms with Crippen molar-refractivity contribution in [3.05, 3.63) is 35.2 Å². The van der Waals surface area contributed by atoms with Crippen molar-refractivity contribution in [2.24, 2.45) is 0 Å². The Morgan fingerprint density at radius 2 is 1.80 bits per heavy atom. The summed E-state index contributed by atoms with van der Waals surface area (Å²) < 4.78 is 5.11. The molecule has 0 radical (unpaired) electrons. The lowest BCUT2D eigenvalue weighted by Gasteiger charge is -2.04. The van der Waals surface area contributed by atoms with E-state index in [1.165, 1.54) is 5.56 Å². The quantitative estimate of drug-likeness (QED) is 0.781. The molecule has 0 aliphatic rings. The average molecular weight is 223 g/mol. The lowest BCUT2D eigenvalue weighted by Crippen LogP contribution is -1.86. The van der Waals surface area contributed by atoms with Crippen LogP contribution < -0.4 is 0 Å². The fraction of sp³-hybridized carbons (Fsp3) is 0.273. The summed E-state index contributed by atoms with van der Waals surface area (Å²) in [5.41, 5.74) is 2.17. The molecule has 15 heavy (non-hydrogen) atoms. The molecular formula is C11H11ClN2O. The van der Waals surface area contributed by atoms with E-state index in [2.05, 4.69) is 36.2 Å². The van der Waals surface area contributed by atoms with E-state index in [0.717, 1.165) is 5.56 Å². The first-order valence-corrected chi connectivity index (χ1v) is 5.14. The predicted molar refractivity (Wildman–Crippen MR) is 58.8 cm³/mol. The Morgan fingerprint density at radius 1 is 1.13 bits per heavy atom. The molecule has 0 unspecified atom stereocenters. The van der Waals surface area contributed by atoms with Gasteiger partial charge in [-0.3, -0.25) is 0 Å². The zero-order chi connectivity index (χ0) is 10.8. The summed E-state index contributed by atoms with van der Waals surface area (Å²) in [5, 5.41) is 7.48. The van der Waals surface area contributed by atoms with E-state index >= 15 is 0 Å². The van der Waals surface area contributed by atoms with Crippen LogP contribution in [0.4, 0.5) is 0 Å². The maximum atomic E-state index is 5.55. The van der Waals surface area contributed by atoms with Gasteiger partial charge in [-0.1, -0.05) is 31.1 Å². The Morgan fingerprint density at radius 3 is 2.27 bits per heavy atom. The Bertz CT molecular complexity index is 448. The van der Waals surface area contributed by atoms with Crippen molar-refractivity contribution in [1.29, 1.82) is 0 Å². The third kappa shape index (κ3) is 2.18. The van der Waals surface area contributed by atoms with Gasteiger partial charge in [0.15, 0.2) is 0 Å². The maximum Gasteiger partial charge on any atom is 0.313 e. The normalized spacial score (nSPS) is 10.9. The monoisotopic (exact) mass is 222 g/mol. The summed E-state index contributed by atoms with van der Waals surface area (Å²) in [4.78, 5) is 0. The second kappa shape index (κ2) is 4.03. The van der Waals surface area contributed by atoms with Gasteiger partial charge in [0, 0.05) is 5.56 Å². The molecule has 0 atom stereocenters. The summed E-state index contributed by atoms with van der Waals surface area (Å²) in [6.07, 6.45) is 0. The molecule has 0 amide bonds. The second-order valence-electron chi connectivity index (χ2n) is 3.64. The molecule has 3 nitrogen and oxygen atoms in total. The van der Waals surface area contributed by atoms with E-state index in [1.54, 1.807) is 0 Å². The number of nitrogens with zero attached hydrogens (tertiary/aromatic N) is 2. The molecular weight excluding hydrogens is 212 g/mol. The van der Waals surface area contributed by atoms with Gasteiger partial charge in [-0.05, 0) is 35.2 Å². The third-order valence-corrected chi connectivity index (χ3v) is 2.38. The number of hydrogen-bond donors (Lipinski definition) is 0. The van der Waals surface area contributed by atoms with Crippen molar-refractivity contribution in [2.75, 3.05) is 0 Å². The Balaban J connectivity index is 2.31. The zero-order valence-corrected chi connectivity index (χ0v) is 9.32. The Labute approximate surface area is 93.1 Å². The lowest BCUT2D eigenvalue weighted by atomic mass is 10.0. The van der Waals surface area contributed by atoms with Crippen LogP contribution in [0.3, 0.4) is 0 Å². The summed E-state index contributed by atoms with van der Waals surface area (Å²) in [6.45, 7) is 4.30. The molecule has 1 aromatic carbocycles. The minimum atomic E-state index is 0.0675. The number of hydrogen-bond acceptors (Lipinski definition) is 3. The molecule has 1 heterocycles. The fourth-order valence-electron chi connectivity index (χ4n) is 1.33. The van der Waals surface area contributed by atoms with Gasteiger partial charge in [0.25, 0.3) is 0 Å². The van der Waals surface area contributed by atoms with Crippen molar-refractivity contribution < 1.29 is 4.42 Å². The van der Waals surface area contributed by atoms with Gasteiger partial charge in [0.2, 0.25) is 5.89 Å². The van der Waals surface area contributed by atoms with Gasteiger partial charge in [0.1, 0.15) is 0 Å². The van der Waals surface area contributed by atoms with Gasteiger partial charge in [0.05, 0.1) is 0 Å². The van der Waals surface area contributed by atoms with Gasteiger partial charge >= 0.3 is 5.35 Å². The van der Waals surface area contributed by atoms with Crippen LogP contribution in [-0.4, -0.2) is 10.2 Å². The zero-order valence-electron chi connectivity index (χ0n) is 8.57. The van der Waals surface area contributed by atoms with Gasteiger partial charge < -0.3 is 4.42 Å².